The fourth-order valence-corrected chi connectivity index (χ4v) is 2.89. The maximum atomic E-state index is 4.40. The van der Waals surface area contributed by atoms with Crippen LogP contribution in [0, 0.1) is 6.92 Å². The molecule has 0 saturated carbocycles. The van der Waals surface area contributed by atoms with E-state index in [0.29, 0.717) is 5.65 Å². The van der Waals surface area contributed by atoms with Crippen molar-refractivity contribution in [1.82, 2.24) is 25.0 Å². The zero-order valence-electron chi connectivity index (χ0n) is 12.3. The van der Waals surface area contributed by atoms with Crippen molar-refractivity contribution < 1.29 is 0 Å². The molecule has 0 bridgehead atoms. The van der Waals surface area contributed by atoms with Crippen LogP contribution in [0.5, 0.6) is 0 Å². The molecule has 112 valence electrons. The Morgan fingerprint density at radius 1 is 1.00 bits per heavy atom. The minimum Gasteiger partial charge on any atom is -0.235 e. The van der Waals surface area contributed by atoms with Crippen LogP contribution >= 0.6 is 15.9 Å². The molecule has 5 nitrogen and oxygen atoms in total. The number of aromatic nitrogens is 5. The Morgan fingerprint density at radius 3 is 2.61 bits per heavy atom. The topological polar surface area (TPSA) is 56.5 Å². The van der Waals surface area contributed by atoms with Crippen molar-refractivity contribution in [1.29, 1.82) is 0 Å². The first-order valence-corrected chi connectivity index (χ1v) is 7.91. The van der Waals surface area contributed by atoms with Gasteiger partial charge in [0.1, 0.15) is 5.69 Å². The Bertz CT molecular complexity index is 994. The summed E-state index contributed by atoms with van der Waals surface area (Å²) < 4.78 is 2.72. The molecule has 3 heterocycles. The van der Waals surface area contributed by atoms with Gasteiger partial charge in [-0.3, -0.25) is 0 Å². The molecule has 6 heteroatoms. The zero-order valence-corrected chi connectivity index (χ0v) is 13.9. The van der Waals surface area contributed by atoms with E-state index in [2.05, 4.69) is 36.2 Å². The van der Waals surface area contributed by atoms with Crippen molar-refractivity contribution in [3.05, 3.63) is 65.0 Å². The highest BCUT2D eigenvalue weighted by atomic mass is 79.9. The highest BCUT2D eigenvalue weighted by Crippen LogP contribution is 2.24. The number of halogens is 1. The van der Waals surface area contributed by atoms with Crippen LogP contribution in [0.15, 0.2) is 59.3 Å². The van der Waals surface area contributed by atoms with Gasteiger partial charge in [-0.1, -0.05) is 35.5 Å². The van der Waals surface area contributed by atoms with Gasteiger partial charge in [-0.15, -0.1) is 5.10 Å². The summed E-state index contributed by atoms with van der Waals surface area (Å²) in [5, 5.41) is 9.56. The van der Waals surface area contributed by atoms with Gasteiger partial charge in [0.15, 0.2) is 5.65 Å². The summed E-state index contributed by atoms with van der Waals surface area (Å²) in [4.78, 5) is 8.69. The molecule has 0 N–H and O–H groups in total. The molecule has 23 heavy (non-hydrogen) atoms. The maximum absolute atomic E-state index is 4.40. The Hall–Kier alpha value is -2.60. The third kappa shape index (κ3) is 2.51. The molecule has 0 unspecified atom stereocenters. The predicted molar refractivity (Wildman–Crippen MR) is 92.3 cm³/mol. The van der Waals surface area contributed by atoms with Gasteiger partial charge in [-0.2, -0.15) is 0 Å². The summed E-state index contributed by atoms with van der Waals surface area (Å²) in [7, 11) is 0. The molecular weight excluding hydrogens is 354 g/mol. The van der Waals surface area contributed by atoms with Crippen LogP contribution in [0.25, 0.3) is 28.0 Å². The van der Waals surface area contributed by atoms with Crippen LogP contribution in [0.1, 0.15) is 5.69 Å². The summed E-state index contributed by atoms with van der Waals surface area (Å²) in [5.74, 6) is 0. The van der Waals surface area contributed by atoms with Gasteiger partial charge in [0.2, 0.25) is 0 Å². The summed E-state index contributed by atoms with van der Waals surface area (Å²) in [5.41, 5.74) is 4.47. The Labute approximate surface area is 141 Å². The average molecular weight is 366 g/mol. The average Bonchev–Trinajstić information content (AvgIpc) is 2.96. The third-order valence-electron chi connectivity index (χ3n) is 3.67. The van der Waals surface area contributed by atoms with Crippen LogP contribution in [0.3, 0.4) is 0 Å². The summed E-state index contributed by atoms with van der Waals surface area (Å²) in [6.45, 7) is 2.01. The molecular formula is C17H12BrN5. The molecule has 0 fully saturated rings. The van der Waals surface area contributed by atoms with Crippen LogP contribution in [0.4, 0.5) is 0 Å². The van der Waals surface area contributed by atoms with E-state index in [9.17, 15) is 0 Å². The lowest BCUT2D eigenvalue weighted by atomic mass is 10.1. The molecule has 0 radical (unpaired) electrons. The lowest BCUT2D eigenvalue weighted by molar-refractivity contribution is 0.783. The Balaban J connectivity index is 1.84. The van der Waals surface area contributed by atoms with E-state index in [4.69, 9.17) is 0 Å². The highest BCUT2D eigenvalue weighted by molar-refractivity contribution is 9.10. The largest absolute Gasteiger partial charge is 0.235 e. The van der Waals surface area contributed by atoms with Crippen molar-refractivity contribution in [2.45, 2.75) is 6.92 Å². The van der Waals surface area contributed by atoms with E-state index < -0.39 is 0 Å². The number of pyridine rings is 2. The number of hydrogen-bond acceptors (Lipinski definition) is 4. The maximum Gasteiger partial charge on any atom is 0.159 e. The standard InChI is InChI=1S/C17H12BrN5/c1-11-16(12-5-3-2-4-6-12)21-22-23(11)15-8-13-7-14(18)9-19-17(13)20-10-15/h2-10H,1H3. The molecule has 0 amide bonds. The van der Waals surface area contributed by atoms with Crippen molar-refractivity contribution in [2.24, 2.45) is 0 Å². The van der Waals surface area contributed by atoms with Crippen LogP contribution in [0.2, 0.25) is 0 Å². The first-order chi connectivity index (χ1) is 11.2. The predicted octanol–water partition coefficient (Wildman–Crippen LogP) is 3.95. The minimum absolute atomic E-state index is 0.706. The second-order valence-corrected chi connectivity index (χ2v) is 6.11. The number of hydrogen-bond donors (Lipinski definition) is 0. The van der Waals surface area contributed by atoms with Crippen molar-refractivity contribution in [3.63, 3.8) is 0 Å². The summed E-state index contributed by atoms with van der Waals surface area (Å²) >= 11 is 3.44. The molecule has 0 atom stereocenters. The normalized spacial score (nSPS) is 11.0. The monoisotopic (exact) mass is 365 g/mol. The summed E-state index contributed by atoms with van der Waals surface area (Å²) in [6, 6.07) is 14.0. The van der Waals surface area contributed by atoms with E-state index in [0.717, 1.165) is 32.5 Å². The fourth-order valence-electron chi connectivity index (χ4n) is 2.54. The number of fused-ring (bicyclic) bond motifs is 1. The SMILES string of the molecule is Cc1c(-c2ccccc2)nnn1-c1cnc2ncc(Br)cc2c1. The first kappa shape index (κ1) is 14.0. The van der Waals surface area contributed by atoms with Crippen LogP contribution < -0.4 is 0 Å². The lowest BCUT2D eigenvalue weighted by Gasteiger charge is -2.05. The highest BCUT2D eigenvalue weighted by Gasteiger charge is 2.12. The molecule has 0 aliphatic rings. The zero-order chi connectivity index (χ0) is 15.8. The molecule has 1 aromatic carbocycles. The smallest absolute Gasteiger partial charge is 0.159 e. The molecule has 0 aliphatic heterocycles. The van der Waals surface area contributed by atoms with Crippen LogP contribution in [-0.4, -0.2) is 25.0 Å². The Morgan fingerprint density at radius 2 is 1.78 bits per heavy atom. The van der Waals surface area contributed by atoms with E-state index in [-0.39, 0.29) is 0 Å². The number of nitrogens with zero attached hydrogens (tertiary/aromatic N) is 5. The van der Waals surface area contributed by atoms with Crippen molar-refractivity contribution >= 4 is 27.0 Å². The van der Waals surface area contributed by atoms with E-state index in [1.165, 1.54) is 0 Å². The van der Waals surface area contributed by atoms with Gasteiger partial charge in [0, 0.05) is 21.6 Å². The molecule has 0 spiro atoms. The Kier molecular flexibility index (Phi) is 3.38. The lowest BCUT2D eigenvalue weighted by Crippen LogP contribution is -2.00. The second-order valence-electron chi connectivity index (χ2n) is 5.20. The minimum atomic E-state index is 0.706. The molecule has 0 aliphatic carbocycles. The quantitative estimate of drug-likeness (QED) is 0.539. The molecule has 0 saturated heterocycles. The van der Waals surface area contributed by atoms with Gasteiger partial charge < -0.3 is 0 Å². The molecule has 3 aromatic heterocycles. The van der Waals surface area contributed by atoms with Crippen molar-refractivity contribution in [3.8, 4) is 16.9 Å². The summed E-state index contributed by atoms with van der Waals surface area (Å²) in [6.07, 6.45) is 3.50. The van der Waals surface area contributed by atoms with Gasteiger partial charge in [-0.25, -0.2) is 14.6 Å². The van der Waals surface area contributed by atoms with Gasteiger partial charge in [-0.05, 0) is 35.0 Å². The van der Waals surface area contributed by atoms with Gasteiger partial charge in [0.25, 0.3) is 0 Å². The van der Waals surface area contributed by atoms with E-state index in [1.807, 2.05) is 49.4 Å². The van der Waals surface area contributed by atoms with Crippen LogP contribution in [-0.2, 0) is 0 Å². The van der Waals surface area contributed by atoms with Gasteiger partial charge in [0.05, 0.1) is 17.6 Å². The van der Waals surface area contributed by atoms with Gasteiger partial charge >= 0.3 is 0 Å². The molecule has 4 aromatic rings. The second kappa shape index (κ2) is 5.55. The first-order valence-electron chi connectivity index (χ1n) is 7.12. The third-order valence-corrected chi connectivity index (χ3v) is 4.10. The van der Waals surface area contributed by atoms with Crippen molar-refractivity contribution in [2.75, 3.05) is 0 Å². The fraction of sp³-hybridized carbons (Fsp3) is 0.0588. The number of benzene rings is 1. The van der Waals surface area contributed by atoms with E-state index in [1.54, 1.807) is 17.1 Å². The number of rotatable bonds is 2. The molecule has 4 rings (SSSR count). The van der Waals surface area contributed by atoms with E-state index >= 15 is 0 Å².